The first-order valence-electron chi connectivity index (χ1n) is 12.3. The maximum atomic E-state index is 13.1. The minimum Gasteiger partial charge on any atom is -0.419 e. The predicted octanol–water partition coefficient (Wildman–Crippen LogP) is 7.37. The molecule has 0 amide bonds. The lowest BCUT2D eigenvalue weighted by molar-refractivity contribution is 0.0679. The second-order valence-electron chi connectivity index (χ2n) is 8.45. The van der Waals surface area contributed by atoms with E-state index in [4.69, 9.17) is 9.47 Å². The molecule has 0 bridgehead atoms. The van der Waals surface area contributed by atoms with Crippen molar-refractivity contribution in [2.75, 3.05) is 0 Å². The molecule has 0 saturated carbocycles. The molecule has 178 valence electrons. The molecule has 0 aromatic heterocycles. The lowest BCUT2D eigenvalue weighted by Crippen LogP contribution is -2.16. The summed E-state index contributed by atoms with van der Waals surface area (Å²) in [6.07, 6.45) is 6.22. The van der Waals surface area contributed by atoms with Gasteiger partial charge in [-0.15, -0.1) is 0 Å². The minimum absolute atomic E-state index is 0.365. The highest BCUT2D eigenvalue weighted by atomic mass is 16.6. The maximum absolute atomic E-state index is 13.1. The largest absolute Gasteiger partial charge is 0.419 e. The second kappa shape index (κ2) is 12.7. The number of aryl methyl sites for hydroxylation is 2. The van der Waals surface area contributed by atoms with E-state index in [-0.39, 0.29) is 0 Å². The molecule has 0 aliphatic rings. The predicted molar refractivity (Wildman–Crippen MR) is 136 cm³/mol. The molecule has 0 aliphatic heterocycles. The lowest BCUT2D eigenvalue weighted by atomic mass is 9.93. The van der Waals surface area contributed by atoms with Gasteiger partial charge in [0.1, 0.15) is 0 Å². The first-order valence-corrected chi connectivity index (χ1v) is 12.3. The van der Waals surface area contributed by atoms with Crippen LogP contribution in [-0.4, -0.2) is 11.9 Å². The summed E-state index contributed by atoms with van der Waals surface area (Å²) in [6.45, 7) is 6.35. The molecule has 3 rings (SSSR count). The third-order valence-corrected chi connectivity index (χ3v) is 5.74. The van der Waals surface area contributed by atoms with Gasteiger partial charge in [0.15, 0.2) is 11.5 Å². The van der Waals surface area contributed by atoms with Crippen LogP contribution in [0.25, 0.3) is 0 Å². The van der Waals surface area contributed by atoms with Crippen LogP contribution in [0.5, 0.6) is 11.5 Å². The van der Waals surface area contributed by atoms with Crippen molar-refractivity contribution in [2.45, 2.75) is 65.7 Å². The number of rotatable bonds is 11. The van der Waals surface area contributed by atoms with Crippen LogP contribution in [0, 0.1) is 0 Å². The number of unbranched alkanes of at least 4 members (excludes halogenated alkanes) is 1. The van der Waals surface area contributed by atoms with Crippen LogP contribution in [0.1, 0.15) is 83.9 Å². The topological polar surface area (TPSA) is 52.6 Å². The van der Waals surface area contributed by atoms with E-state index < -0.39 is 11.9 Å². The molecule has 3 aromatic carbocycles. The van der Waals surface area contributed by atoms with Gasteiger partial charge in [0.05, 0.1) is 11.1 Å². The highest BCUT2D eigenvalue weighted by Gasteiger charge is 2.25. The van der Waals surface area contributed by atoms with Gasteiger partial charge < -0.3 is 9.47 Å². The fraction of sp³-hybridized carbons (Fsp3) is 0.333. The molecule has 0 heterocycles. The van der Waals surface area contributed by atoms with Crippen LogP contribution in [0.2, 0.25) is 0 Å². The number of hydrogen-bond acceptors (Lipinski definition) is 4. The van der Waals surface area contributed by atoms with Crippen molar-refractivity contribution in [3.05, 3.63) is 94.5 Å². The van der Waals surface area contributed by atoms with E-state index in [1.54, 1.807) is 48.5 Å². The van der Waals surface area contributed by atoms with Gasteiger partial charge in [-0.25, -0.2) is 9.59 Å². The molecule has 34 heavy (non-hydrogen) atoms. The van der Waals surface area contributed by atoms with Gasteiger partial charge >= 0.3 is 11.9 Å². The van der Waals surface area contributed by atoms with E-state index in [1.807, 2.05) is 12.1 Å². The zero-order valence-electron chi connectivity index (χ0n) is 20.4. The molecule has 4 nitrogen and oxygen atoms in total. The summed E-state index contributed by atoms with van der Waals surface area (Å²) >= 11 is 0. The third-order valence-electron chi connectivity index (χ3n) is 5.74. The maximum Gasteiger partial charge on any atom is 0.343 e. The Morgan fingerprint density at radius 3 is 1.65 bits per heavy atom. The zero-order valence-corrected chi connectivity index (χ0v) is 20.4. The van der Waals surface area contributed by atoms with E-state index in [0.717, 1.165) is 56.1 Å². The Labute approximate surface area is 202 Å². The lowest BCUT2D eigenvalue weighted by Gasteiger charge is -2.21. The SMILES string of the molecule is CCCCc1cc(CCC)c(OC(=O)c2ccccc2)c(OC(=O)c2ccccc2)c1CCC. The van der Waals surface area contributed by atoms with Gasteiger partial charge in [-0.3, -0.25) is 0 Å². The number of benzene rings is 3. The van der Waals surface area contributed by atoms with Crippen LogP contribution >= 0.6 is 0 Å². The van der Waals surface area contributed by atoms with Gasteiger partial charge in [0, 0.05) is 5.56 Å². The van der Waals surface area contributed by atoms with Crippen molar-refractivity contribution >= 4 is 11.9 Å². The van der Waals surface area contributed by atoms with Crippen molar-refractivity contribution in [1.29, 1.82) is 0 Å². The van der Waals surface area contributed by atoms with E-state index >= 15 is 0 Å². The molecule has 0 aliphatic carbocycles. The van der Waals surface area contributed by atoms with Gasteiger partial charge in [-0.05, 0) is 61.1 Å². The first-order chi connectivity index (χ1) is 16.6. The van der Waals surface area contributed by atoms with Crippen LogP contribution in [0.15, 0.2) is 66.7 Å². The number of carbonyl (C=O) groups is 2. The van der Waals surface area contributed by atoms with Crippen molar-refractivity contribution < 1.29 is 19.1 Å². The molecule has 0 fully saturated rings. The van der Waals surface area contributed by atoms with Gasteiger partial charge in [0.2, 0.25) is 0 Å². The summed E-state index contributed by atoms with van der Waals surface area (Å²) < 4.78 is 12.0. The Hall–Kier alpha value is -3.40. The first kappa shape index (κ1) is 25.2. The summed E-state index contributed by atoms with van der Waals surface area (Å²) in [7, 11) is 0. The number of ether oxygens (including phenoxy) is 2. The van der Waals surface area contributed by atoms with Crippen molar-refractivity contribution in [2.24, 2.45) is 0 Å². The monoisotopic (exact) mass is 458 g/mol. The Bertz CT molecular complexity index is 1090. The fourth-order valence-electron chi connectivity index (χ4n) is 4.03. The molecular formula is C30H34O4. The summed E-state index contributed by atoms with van der Waals surface area (Å²) in [5.41, 5.74) is 3.94. The zero-order chi connectivity index (χ0) is 24.3. The molecule has 4 heteroatoms. The quantitative estimate of drug-likeness (QED) is 0.222. The Morgan fingerprint density at radius 1 is 0.618 bits per heavy atom. The van der Waals surface area contributed by atoms with Gasteiger partial charge in [-0.2, -0.15) is 0 Å². The molecule has 0 radical (unpaired) electrons. The van der Waals surface area contributed by atoms with Crippen LogP contribution in [0.4, 0.5) is 0 Å². The highest BCUT2D eigenvalue weighted by Crippen LogP contribution is 2.40. The van der Waals surface area contributed by atoms with Crippen molar-refractivity contribution in [3.63, 3.8) is 0 Å². The van der Waals surface area contributed by atoms with E-state index in [9.17, 15) is 9.59 Å². The van der Waals surface area contributed by atoms with Crippen molar-refractivity contribution in [3.8, 4) is 11.5 Å². The average molecular weight is 459 g/mol. The number of esters is 2. The summed E-state index contributed by atoms with van der Waals surface area (Å²) in [4.78, 5) is 26.2. The summed E-state index contributed by atoms with van der Waals surface area (Å²) in [5, 5.41) is 0. The molecule has 0 unspecified atom stereocenters. The average Bonchev–Trinajstić information content (AvgIpc) is 2.87. The van der Waals surface area contributed by atoms with Crippen molar-refractivity contribution in [1.82, 2.24) is 0 Å². The molecule has 0 saturated heterocycles. The Kier molecular flexibility index (Phi) is 9.45. The van der Waals surface area contributed by atoms with E-state index in [1.165, 1.54) is 5.56 Å². The van der Waals surface area contributed by atoms with Gasteiger partial charge in [-0.1, -0.05) is 82.5 Å². The molecule has 3 aromatic rings. The standard InChI is InChI=1S/C30H34O4/c1-4-7-16-24-21-25(14-5-2)27(33-29(31)22-17-10-8-11-18-22)28(26(24)15-6-3)34-30(32)23-19-12-9-13-20-23/h8-13,17-21H,4-7,14-16H2,1-3H3. The molecule has 0 spiro atoms. The summed E-state index contributed by atoms with van der Waals surface area (Å²) in [6, 6.07) is 20.0. The van der Waals surface area contributed by atoms with E-state index in [2.05, 4.69) is 26.8 Å². The number of hydrogen-bond donors (Lipinski definition) is 0. The van der Waals surface area contributed by atoms with Crippen LogP contribution < -0.4 is 9.47 Å². The van der Waals surface area contributed by atoms with E-state index in [0.29, 0.717) is 22.6 Å². The number of carbonyl (C=O) groups excluding carboxylic acids is 2. The Morgan fingerprint density at radius 2 is 1.15 bits per heavy atom. The fourth-order valence-corrected chi connectivity index (χ4v) is 4.03. The molecule has 0 atom stereocenters. The minimum atomic E-state index is -0.460. The third kappa shape index (κ3) is 6.34. The highest BCUT2D eigenvalue weighted by molar-refractivity contribution is 5.93. The normalized spacial score (nSPS) is 10.7. The van der Waals surface area contributed by atoms with Gasteiger partial charge in [0.25, 0.3) is 0 Å². The van der Waals surface area contributed by atoms with Crippen LogP contribution in [0.3, 0.4) is 0 Å². The van der Waals surface area contributed by atoms with Crippen LogP contribution in [-0.2, 0) is 19.3 Å². The smallest absolute Gasteiger partial charge is 0.343 e. The Balaban J connectivity index is 2.14. The molecular weight excluding hydrogens is 424 g/mol. The summed E-state index contributed by atoms with van der Waals surface area (Å²) in [5.74, 6) is -0.163. The molecule has 0 N–H and O–H groups in total. The second-order valence-corrected chi connectivity index (χ2v) is 8.45.